The molecular weight excluding hydrogens is 278 g/mol. The lowest BCUT2D eigenvalue weighted by molar-refractivity contribution is -0.138. The molecule has 0 saturated carbocycles. The predicted molar refractivity (Wildman–Crippen MR) is 76.1 cm³/mol. The number of ether oxygens (including phenoxy) is 1. The molecule has 4 nitrogen and oxygen atoms in total. The zero-order chi connectivity index (χ0) is 14.5. The Labute approximate surface area is 122 Å². The average molecular weight is 292 g/mol. The molecule has 1 atom stereocenters. The van der Waals surface area contributed by atoms with Gasteiger partial charge in [0.25, 0.3) is 0 Å². The Kier molecular flexibility index (Phi) is 4.58. The standard InChI is InChI=1S/C15H14ClNO3/c1-10(15(18)19)12-6-2-3-7-13(12)20-9-11-5-4-8-14(16)17-11/h2-8,10H,9H2,1H3,(H,18,19). The Morgan fingerprint density at radius 3 is 2.75 bits per heavy atom. The lowest BCUT2D eigenvalue weighted by atomic mass is 10.0. The Hall–Kier alpha value is -2.07. The smallest absolute Gasteiger partial charge is 0.310 e. The van der Waals surface area contributed by atoms with Crippen LogP contribution in [0.3, 0.4) is 0 Å². The molecule has 0 aliphatic rings. The summed E-state index contributed by atoms with van der Waals surface area (Å²) < 4.78 is 5.67. The number of para-hydroxylation sites is 1. The molecule has 20 heavy (non-hydrogen) atoms. The van der Waals surface area contributed by atoms with Crippen molar-refractivity contribution < 1.29 is 14.6 Å². The van der Waals surface area contributed by atoms with Gasteiger partial charge in [-0.3, -0.25) is 4.79 Å². The molecule has 0 amide bonds. The summed E-state index contributed by atoms with van der Waals surface area (Å²) in [6.45, 7) is 1.87. The van der Waals surface area contributed by atoms with Crippen molar-refractivity contribution in [2.24, 2.45) is 0 Å². The molecule has 2 aromatic rings. The van der Waals surface area contributed by atoms with Gasteiger partial charge in [0.15, 0.2) is 0 Å². The lowest BCUT2D eigenvalue weighted by Crippen LogP contribution is -2.09. The van der Waals surface area contributed by atoms with Gasteiger partial charge in [0.1, 0.15) is 17.5 Å². The van der Waals surface area contributed by atoms with Crippen LogP contribution in [-0.2, 0) is 11.4 Å². The third-order valence-electron chi connectivity index (χ3n) is 2.90. The van der Waals surface area contributed by atoms with Crippen molar-refractivity contribution in [2.45, 2.75) is 19.4 Å². The molecule has 0 bridgehead atoms. The maximum absolute atomic E-state index is 11.1. The van der Waals surface area contributed by atoms with Crippen LogP contribution in [0, 0.1) is 0 Å². The van der Waals surface area contributed by atoms with Gasteiger partial charge in [-0.05, 0) is 25.1 Å². The number of pyridine rings is 1. The largest absolute Gasteiger partial charge is 0.487 e. The van der Waals surface area contributed by atoms with E-state index >= 15 is 0 Å². The van der Waals surface area contributed by atoms with E-state index in [1.165, 1.54) is 0 Å². The SMILES string of the molecule is CC(C(=O)O)c1ccccc1OCc1cccc(Cl)n1. The summed E-state index contributed by atoms with van der Waals surface area (Å²) in [5.41, 5.74) is 1.33. The van der Waals surface area contributed by atoms with Gasteiger partial charge in [0, 0.05) is 5.56 Å². The summed E-state index contributed by atoms with van der Waals surface area (Å²) >= 11 is 5.81. The molecule has 1 aromatic heterocycles. The molecule has 1 unspecified atom stereocenters. The zero-order valence-electron chi connectivity index (χ0n) is 10.9. The van der Waals surface area contributed by atoms with Crippen LogP contribution in [0.1, 0.15) is 24.1 Å². The molecule has 1 aromatic carbocycles. The molecule has 0 radical (unpaired) electrons. The van der Waals surface area contributed by atoms with Crippen molar-refractivity contribution in [3.63, 3.8) is 0 Å². The monoisotopic (exact) mass is 291 g/mol. The van der Waals surface area contributed by atoms with Crippen LogP contribution in [0.5, 0.6) is 5.75 Å². The van der Waals surface area contributed by atoms with Crippen molar-refractivity contribution in [3.05, 3.63) is 58.9 Å². The minimum Gasteiger partial charge on any atom is -0.487 e. The first-order valence-electron chi connectivity index (χ1n) is 6.14. The summed E-state index contributed by atoms with van der Waals surface area (Å²) in [7, 11) is 0. The zero-order valence-corrected chi connectivity index (χ0v) is 11.7. The molecule has 0 aliphatic heterocycles. The average Bonchev–Trinajstić information content (AvgIpc) is 2.44. The van der Waals surface area contributed by atoms with Gasteiger partial charge < -0.3 is 9.84 Å². The third kappa shape index (κ3) is 3.48. The molecule has 0 aliphatic carbocycles. The van der Waals surface area contributed by atoms with Crippen LogP contribution in [0.2, 0.25) is 5.15 Å². The second-order valence-corrected chi connectivity index (χ2v) is 4.73. The van der Waals surface area contributed by atoms with Crippen LogP contribution in [-0.4, -0.2) is 16.1 Å². The van der Waals surface area contributed by atoms with Crippen molar-refractivity contribution in [2.75, 3.05) is 0 Å². The van der Waals surface area contributed by atoms with E-state index in [4.69, 9.17) is 21.4 Å². The number of carboxylic acids is 1. The highest BCUT2D eigenvalue weighted by Gasteiger charge is 2.17. The Balaban J connectivity index is 2.15. The number of carboxylic acid groups (broad SMARTS) is 1. The number of hydrogen-bond acceptors (Lipinski definition) is 3. The quantitative estimate of drug-likeness (QED) is 0.857. The number of rotatable bonds is 5. The van der Waals surface area contributed by atoms with Crippen LogP contribution in [0.15, 0.2) is 42.5 Å². The fourth-order valence-corrected chi connectivity index (χ4v) is 1.97. The second kappa shape index (κ2) is 6.39. The molecule has 1 N–H and O–H groups in total. The van der Waals surface area contributed by atoms with Crippen LogP contribution < -0.4 is 4.74 Å². The molecule has 0 spiro atoms. The van der Waals surface area contributed by atoms with Gasteiger partial charge in [-0.2, -0.15) is 0 Å². The third-order valence-corrected chi connectivity index (χ3v) is 3.11. The summed E-state index contributed by atoms with van der Waals surface area (Å²) in [5, 5.41) is 9.50. The van der Waals surface area contributed by atoms with E-state index in [9.17, 15) is 4.79 Å². The van der Waals surface area contributed by atoms with Crippen LogP contribution in [0.25, 0.3) is 0 Å². The van der Waals surface area contributed by atoms with Gasteiger partial charge in [0.2, 0.25) is 0 Å². The van der Waals surface area contributed by atoms with E-state index in [2.05, 4.69) is 4.98 Å². The number of benzene rings is 1. The molecule has 2 rings (SSSR count). The molecule has 5 heteroatoms. The van der Waals surface area contributed by atoms with E-state index < -0.39 is 11.9 Å². The van der Waals surface area contributed by atoms with Crippen molar-refractivity contribution >= 4 is 17.6 Å². The van der Waals surface area contributed by atoms with Gasteiger partial charge >= 0.3 is 5.97 Å². The number of aliphatic carboxylic acids is 1. The fourth-order valence-electron chi connectivity index (χ4n) is 1.79. The first-order chi connectivity index (χ1) is 9.58. The normalized spacial score (nSPS) is 11.9. The highest BCUT2D eigenvalue weighted by atomic mass is 35.5. The van der Waals surface area contributed by atoms with Gasteiger partial charge in [0.05, 0.1) is 11.6 Å². The van der Waals surface area contributed by atoms with Gasteiger partial charge in [-0.1, -0.05) is 35.9 Å². The van der Waals surface area contributed by atoms with E-state index in [1.54, 1.807) is 49.4 Å². The molecule has 0 saturated heterocycles. The molecule has 0 fully saturated rings. The van der Waals surface area contributed by atoms with E-state index in [-0.39, 0.29) is 6.61 Å². The first-order valence-corrected chi connectivity index (χ1v) is 6.51. The minimum atomic E-state index is -0.887. The highest BCUT2D eigenvalue weighted by Crippen LogP contribution is 2.27. The summed E-state index contributed by atoms with van der Waals surface area (Å²) in [6, 6.07) is 12.4. The van der Waals surface area contributed by atoms with Crippen molar-refractivity contribution in [1.29, 1.82) is 0 Å². The minimum absolute atomic E-state index is 0.240. The Bertz CT molecular complexity index is 616. The molecular formula is C15H14ClNO3. The lowest BCUT2D eigenvalue weighted by Gasteiger charge is -2.13. The number of hydrogen-bond donors (Lipinski definition) is 1. The second-order valence-electron chi connectivity index (χ2n) is 4.34. The first kappa shape index (κ1) is 14.3. The number of nitrogens with zero attached hydrogens (tertiary/aromatic N) is 1. The topological polar surface area (TPSA) is 59.4 Å². The van der Waals surface area contributed by atoms with Crippen LogP contribution >= 0.6 is 11.6 Å². The van der Waals surface area contributed by atoms with E-state index in [1.807, 2.05) is 0 Å². The number of aromatic nitrogens is 1. The van der Waals surface area contributed by atoms with Crippen molar-refractivity contribution in [3.8, 4) is 5.75 Å². The number of halogens is 1. The maximum Gasteiger partial charge on any atom is 0.310 e. The van der Waals surface area contributed by atoms with E-state index in [0.717, 1.165) is 0 Å². The Morgan fingerprint density at radius 1 is 1.30 bits per heavy atom. The predicted octanol–water partition coefficient (Wildman–Crippen LogP) is 3.50. The summed E-state index contributed by atoms with van der Waals surface area (Å²) in [5.74, 6) is -0.968. The fraction of sp³-hybridized carbons (Fsp3) is 0.200. The Morgan fingerprint density at radius 2 is 2.05 bits per heavy atom. The van der Waals surface area contributed by atoms with Crippen molar-refractivity contribution in [1.82, 2.24) is 4.98 Å². The molecule has 1 heterocycles. The van der Waals surface area contributed by atoms with Gasteiger partial charge in [-0.15, -0.1) is 0 Å². The maximum atomic E-state index is 11.1. The molecule has 104 valence electrons. The highest BCUT2D eigenvalue weighted by molar-refractivity contribution is 6.29. The number of carbonyl (C=O) groups is 1. The van der Waals surface area contributed by atoms with Crippen LogP contribution in [0.4, 0.5) is 0 Å². The summed E-state index contributed by atoms with van der Waals surface area (Å²) in [6.07, 6.45) is 0. The van der Waals surface area contributed by atoms with E-state index in [0.29, 0.717) is 22.2 Å². The summed E-state index contributed by atoms with van der Waals surface area (Å²) in [4.78, 5) is 15.2. The van der Waals surface area contributed by atoms with Gasteiger partial charge in [-0.25, -0.2) is 4.98 Å².